The molecule has 0 saturated heterocycles. The molecule has 0 fully saturated rings. The van der Waals surface area contributed by atoms with Gasteiger partial charge in [0.1, 0.15) is 5.82 Å². The van der Waals surface area contributed by atoms with E-state index in [9.17, 15) is 4.39 Å². The molecular weight excluding hydrogens is 305 g/mol. The summed E-state index contributed by atoms with van der Waals surface area (Å²) in [4.78, 5) is 4.11. The summed E-state index contributed by atoms with van der Waals surface area (Å²) < 4.78 is 18.4. The second-order valence-electron chi connectivity index (χ2n) is 3.70. The first-order chi connectivity index (χ1) is 8.61. The van der Waals surface area contributed by atoms with Crippen molar-refractivity contribution in [2.24, 2.45) is 5.73 Å². The van der Waals surface area contributed by atoms with Crippen molar-refractivity contribution in [3.05, 3.63) is 34.4 Å². The molecule has 5 nitrogen and oxygen atoms in total. The highest BCUT2D eigenvalue weighted by atomic mass is 79.9. The summed E-state index contributed by atoms with van der Waals surface area (Å²) in [6.45, 7) is -0.0546. The van der Waals surface area contributed by atoms with E-state index < -0.39 is 6.04 Å². The van der Waals surface area contributed by atoms with Gasteiger partial charge in [-0.3, -0.25) is 0 Å². The Hall–Kier alpha value is -1.31. The highest BCUT2D eigenvalue weighted by molar-refractivity contribution is 9.10. The predicted octanol–water partition coefficient (Wildman–Crippen LogP) is 2.02. The number of halogens is 2. The van der Waals surface area contributed by atoms with E-state index in [0.29, 0.717) is 22.3 Å². The number of nitrogens with two attached hydrogens (primary N) is 1. The summed E-state index contributed by atoms with van der Waals surface area (Å²) in [5.41, 5.74) is 6.35. The maximum Gasteiger partial charge on any atom is 0.243 e. The largest absolute Gasteiger partial charge is 0.396 e. The van der Waals surface area contributed by atoms with Crippen molar-refractivity contribution in [3.63, 3.8) is 0 Å². The van der Waals surface area contributed by atoms with Gasteiger partial charge in [0.05, 0.1) is 10.5 Å². The Bertz CT molecular complexity index is 547. The Morgan fingerprint density at radius 1 is 1.50 bits per heavy atom. The van der Waals surface area contributed by atoms with Crippen LogP contribution < -0.4 is 5.73 Å². The summed E-state index contributed by atoms with van der Waals surface area (Å²) >= 11 is 3.09. The molecule has 0 radical (unpaired) electrons. The molecule has 0 saturated carbocycles. The van der Waals surface area contributed by atoms with Gasteiger partial charge in [-0.15, -0.1) is 0 Å². The van der Waals surface area contributed by atoms with Crippen LogP contribution in [0.4, 0.5) is 4.39 Å². The van der Waals surface area contributed by atoms with Gasteiger partial charge in [-0.05, 0) is 40.5 Å². The van der Waals surface area contributed by atoms with Gasteiger partial charge in [0, 0.05) is 12.2 Å². The fraction of sp³-hybridized carbons (Fsp3) is 0.273. The monoisotopic (exact) mass is 315 g/mol. The number of aliphatic hydroxyl groups is 1. The Kier molecular flexibility index (Phi) is 4.05. The maximum atomic E-state index is 13.1. The molecule has 2 aromatic rings. The summed E-state index contributed by atoms with van der Waals surface area (Å²) in [6, 6.07) is 3.91. The smallest absolute Gasteiger partial charge is 0.243 e. The minimum absolute atomic E-state index is 0.0546. The molecule has 0 aliphatic rings. The molecule has 3 N–H and O–H groups in total. The van der Waals surface area contributed by atoms with Gasteiger partial charge in [0.15, 0.2) is 0 Å². The predicted molar refractivity (Wildman–Crippen MR) is 66.0 cm³/mol. The summed E-state index contributed by atoms with van der Waals surface area (Å²) in [5, 5.41) is 12.5. The van der Waals surface area contributed by atoms with E-state index in [1.807, 2.05) is 0 Å². The Labute approximate surface area is 111 Å². The second-order valence-corrected chi connectivity index (χ2v) is 4.56. The van der Waals surface area contributed by atoms with Gasteiger partial charge in [-0.1, -0.05) is 5.16 Å². The molecule has 1 aromatic heterocycles. The van der Waals surface area contributed by atoms with Crippen LogP contribution in [0.15, 0.2) is 27.2 Å². The van der Waals surface area contributed by atoms with E-state index in [-0.39, 0.29) is 18.3 Å². The number of nitrogens with zero attached hydrogens (tertiary/aromatic N) is 2. The van der Waals surface area contributed by atoms with Crippen LogP contribution >= 0.6 is 15.9 Å². The lowest BCUT2D eigenvalue weighted by molar-refractivity contribution is 0.259. The molecule has 7 heteroatoms. The first kappa shape index (κ1) is 13.1. The fourth-order valence-electron chi connectivity index (χ4n) is 1.40. The van der Waals surface area contributed by atoms with Crippen molar-refractivity contribution in [2.45, 2.75) is 12.5 Å². The molecule has 1 atom stereocenters. The van der Waals surface area contributed by atoms with Gasteiger partial charge in [-0.25, -0.2) is 4.39 Å². The molecule has 96 valence electrons. The topological polar surface area (TPSA) is 85.2 Å². The number of rotatable bonds is 4. The fourth-order valence-corrected chi connectivity index (χ4v) is 1.78. The number of hydrogen-bond donors (Lipinski definition) is 2. The average molecular weight is 316 g/mol. The van der Waals surface area contributed by atoms with Crippen LogP contribution in [0.2, 0.25) is 0 Å². The zero-order valence-corrected chi connectivity index (χ0v) is 10.9. The molecule has 18 heavy (non-hydrogen) atoms. The SMILES string of the molecule is NC(CCO)c1nc(-c2ccc(F)c(Br)c2)no1. The number of aromatic nitrogens is 2. The summed E-state index contributed by atoms with van der Waals surface area (Å²) in [7, 11) is 0. The van der Waals surface area contributed by atoms with E-state index in [1.54, 1.807) is 12.1 Å². The molecule has 2 rings (SSSR count). The van der Waals surface area contributed by atoms with Crippen LogP contribution in [-0.2, 0) is 0 Å². The van der Waals surface area contributed by atoms with Crippen molar-refractivity contribution in [1.29, 1.82) is 0 Å². The number of benzene rings is 1. The minimum atomic E-state index is -0.500. The minimum Gasteiger partial charge on any atom is -0.396 e. The van der Waals surface area contributed by atoms with E-state index in [0.717, 1.165) is 0 Å². The normalized spacial score (nSPS) is 12.7. The third-order valence-corrected chi connectivity index (χ3v) is 2.98. The molecule has 1 aromatic carbocycles. The third kappa shape index (κ3) is 2.74. The third-order valence-electron chi connectivity index (χ3n) is 2.38. The first-order valence-corrected chi connectivity index (χ1v) is 6.06. The summed E-state index contributed by atoms with van der Waals surface area (Å²) in [6.07, 6.45) is 0.342. The molecule has 0 aliphatic heterocycles. The molecule has 1 heterocycles. The van der Waals surface area contributed by atoms with Crippen molar-refractivity contribution >= 4 is 15.9 Å². The molecule has 1 unspecified atom stereocenters. The first-order valence-electron chi connectivity index (χ1n) is 5.27. The highest BCUT2D eigenvalue weighted by Gasteiger charge is 2.15. The quantitative estimate of drug-likeness (QED) is 0.901. The van der Waals surface area contributed by atoms with E-state index >= 15 is 0 Å². The molecule has 0 amide bonds. The highest BCUT2D eigenvalue weighted by Crippen LogP contribution is 2.24. The molecule has 0 spiro atoms. The zero-order chi connectivity index (χ0) is 13.1. The Morgan fingerprint density at radius 2 is 2.28 bits per heavy atom. The molecule has 0 aliphatic carbocycles. The standard InChI is InChI=1S/C11H11BrFN3O2/c12-7-5-6(1-2-8(7)13)10-15-11(18-16-10)9(14)3-4-17/h1-2,5,9,17H,3-4,14H2. The zero-order valence-electron chi connectivity index (χ0n) is 9.31. The van der Waals surface area contributed by atoms with E-state index in [2.05, 4.69) is 26.1 Å². The molecular formula is C11H11BrFN3O2. The van der Waals surface area contributed by atoms with Gasteiger partial charge < -0.3 is 15.4 Å². The lowest BCUT2D eigenvalue weighted by atomic mass is 10.2. The van der Waals surface area contributed by atoms with Crippen LogP contribution in [-0.4, -0.2) is 21.9 Å². The van der Waals surface area contributed by atoms with Gasteiger partial charge >= 0.3 is 0 Å². The van der Waals surface area contributed by atoms with Crippen LogP contribution in [0.3, 0.4) is 0 Å². The van der Waals surface area contributed by atoms with E-state index in [4.69, 9.17) is 15.4 Å². The molecule has 0 bridgehead atoms. The van der Waals surface area contributed by atoms with Crippen LogP contribution in [0.25, 0.3) is 11.4 Å². The van der Waals surface area contributed by atoms with E-state index in [1.165, 1.54) is 6.07 Å². The number of aliphatic hydroxyl groups excluding tert-OH is 1. The van der Waals surface area contributed by atoms with Crippen molar-refractivity contribution in [2.75, 3.05) is 6.61 Å². The average Bonchev–Trinajstić information content (AvgIpc) is 2.82. The van der Waals surface area contributed by atoms with Gasteiger partial charge in [0.25, 0.3) is 0 Å². The Balaban J connectivity index is 2.26. The van der Waals surface area contributed by atoms with Crippen LogP contribution in [0, 0.1) is 5.82 Å². The van der Waals surface area contributed by atoms with Crippen molar-refractivity contribution in [1.82, 2.24) is 10.1 Å². The van der Waals surface area contributed by atoms with Crippen molar-refractivity contribution < 1.29 is 14.0 Å². The second kappa shape index (κ2) is 5.55. The lowest BCUT2D eigenvalue weighted by Gasteiger charge is -2.01. The van der Waals surface area contributed by atoms with Gasteiger partial charge in [-0.2, -0.15) is 4.98 Å². The van der Waals surface area contributed by atoms with Crippen molar-refractivity contribution in [3.8, 4) is 11.4 Å². The van der Waals surface area contributed by atoms with Crippen LogP contribution in [0.1, 0.15) is 18.4 Å². The van der Waals surface area contributed by atoms with Gasteiger partial charge in [0.2, 0.25) is 11.7 Å². The van der Waals surface area contributed by atoms with Crippen LogP contribution in [0.5, 0.6) is 0 Å². The summed E-state index contributed by atoms with van der Waals surface area (Å²) in [5.74, 6) is 0.220. The lowest BCUT2D eigenvalue weighted by Crippen LogP contribution is -2.12. The Morgan fingerprint density at radius 3 is 2.94 bits per heavy atom. The number of hydrogen-bond acceptors (Lipinski definition) is 5. The maximum absolute atomic E-state index is 13.1.